The SMILES string of the molecule is O=C1CC(c2cccc3cnccc23)CN1. The van der Waals surface area contributed by atoms with E-state index in [-0.39, 0.29) is 5.91 Å². The Morgan fingerprint density at radius 3 is 3.06 bits per heavy atom. The van der Waals surface area contributed by atoms with Crippen molar-refractivity contribution in [2.75, 3.05) is 6.54 Å². The number of hydrogen-bond donors (Lipinski definition) is 1. The van der Waals surface area contributed by atoms with Gasteiger partial charge in [0.05, 0.1) is 0 Å². The van der Waals surface area contributed by atoms with Crippen LogP contribution in [0.15, 0.2) is 36.7 Å². The number of amides is 1. The lowest BCUT2D eigenvalue weighted by Gasteiger charge is -2.10. The second-order valence-corrected chi connectivity index (χ2v) is 4.15. The van der Waals surface area contributed by atoms with Crippen molar-refractivity contribution in [3.63, 3.8) is 0 Å². The Morgan fingerprint density at radius 2 is 2.25 bits per heavy atom. The van der Waals surface area contributed by atoms with Crippen LogP contribution in [0.4, 0.5) is 0 Å². The number of hydrogen-bond acceptors (Lipinski definition) is 2. The molecule has 16 heavy (non-hydrogen) atoms. The van der Waals surface area contributed by atoms with E-state index in [0.29, 0.717) is 12.3 Å². The highest BCUT2D eigenvalue weighted by atomic mass is 16.1. The maximum absolute atomic E-state index is 11.2. The number of benzene rings is 1. The van der Waals surface area contributed by atoms with Crippen molar-refractivity contribution in [3.8, 4) is 0 Å². The second-order valence-electron chi connectivity index (χ2n) is 4.15. The average molecular weight is 212 g/mol. The summed E-state index contributed by atoms with van der Waals surface area (Å²) in [6, 6.07) is 8.21. The lowest BCUT2D eigenvalue weighted by Crippen LogP contribution is -2.13. The van der Waals surface area contributed by atoms with E-state index in [2.05, 4.69) is 22.4 Å². The Balaban J connectivity index is 2.13. The molecule has 2 aromatic rings. The molecule has 1 fully saturated rings. The molecule has 2 heterocycles. The minimum atomic E-state index is 0.149. The van der Waals surface area contributed by atoms with Gasteiger partial charge in [0, 0.05) is 36.7 Å². The zero-order valence-electron chi connectivity index (χ0n) is 8.81. The minimum absolute atomic E-state index is 0.149. The van der Waals surface area contributed by atoms with E-state index in [9.17, 15) is 4.79 Å². The summed E-state index contributed by atoms with van der Waals surface area (Å²) in [6.45, 7) is 0.750. The van der Waals surface area contributed by atoms with Crippen LogP contribution in [-0.4, -0.2) is 17.4 Å². The van der Waals surface area contributed by atoms with E-state index >= 15 is 0 Å². The molecular weight excluding hydrogens is 200 g/mol. The van der Waals surface area contributed by atoms with Gasteiger partial charge in [-0.05, 0) is 17.0 Å². The third-order valence-electron chi connectivity index (χ3n) is 3.13. The van der Waals surface area contributed by atoms with E-state index in [1.54, 1.807) is 6.20 Å². The predicted octanol–water partition coefficient (Wildman–Crippen LogP) is 1.84. The molecule has 3 heteroatoms. The number of fused-ring (bicyclic) bond motifs is 1. The summed E-state index contributed by atoms with van der Waals surface area (Å²) in [5.74, 6) is 0.453. The third kappa shape index (κ3) is 1.45. The number of carbonyl (C=O) groups is 1. The minimum Gasteiger partial charge on any atom is -0.355 e. The highest BCUT2D eigenvalue weighted by Gasteiger charge is 2.24. The Bertz CT molecular complexity index is 545. The largest absolute Gasteiger partial charge is 0.355 e. The molecule has 3 rings (SSSR count). The van der Waals surface area contributed by atoms with Crippen molar-refractivity contribution >= 4 is 16.7 Å². The highest BCUT2D eigenvalue weighted by Crippen LogP contribution is 2.29. The van der Waals surface area contributed by atoms with Gasteiger partial charge in [0.2, 0.25) is 5.91 Å². The summed E-state index contributed by atoms with van der Waals surface area (Å²) in [4.78, 5) is 15.4. The zero-order chi connectivity index (χ0) is 11.0. The van der Waals surface area contributed by atoms with Crippen molar-refractivity contribution in [1.82, 2.24) is 10.3 Å². The maximum atomic E-state index is 11.2. The third-order valence-corrected chi connectivity index (χ3v) is 3.13. The van der Waals surface area contributed by atoms with Gasteiger partial charge in [-0.1, -0.05) is 18.2 Å². The van der Waals surface area contributed by atoms with Gasteiger partial charge in [-0.25, -0.2) is 0 Å². The Morgan fingerprint density at radius 1 is 1.31 bits per heavy atom. The van der Waals surface area contributed by atoms with Gasteiger partial charge in [0.15, 0.2) is 0 Å². The predicted molar refractivity (Wildman–Crippen MR) is 62.1 cm³/mol. The lowest BCUT2D eigenvalue weighted by molar-refractivity contribution is -0.119. The zero-order valence-corrected chi connectivity index (χ0v) is 8.81. The second kappa shape index (κ2) is 3.59. The van der Waals surface area contributed by atoms with Crippen LogP contribution in [-0.2, 0) is 4.79 Å². The summed E-state index contributed by atoms with van der Waals surface area (Å²) < 4.78 is 0. The molecule has 1 unspecified atom stereocenters. The molecule has 0 saturated carbocycles. The van der Waals surface area contributed by atoms with Crippen molar-refractivity contribution < 1.29 is 4.79 Å². The molecule has 1 saturated heterocycles. The van der Waals surface area contributed by atoms with Gasteiger partial charge in [0.25, 0.3) is 0 Å². The van der Waals surface area contributed by atoms with Gasteiger partial charge >= 0.3 is 0 Å². The van der Waals surface area contributed by atoms with Gasteiger partial charge < -0.3 is 5.32 Å². The van der Waals surface area contributed by atoms with Crippen LogP contribution in [0.3, 0.4) is 0 Å². The van der Waals surface area contributed by atoms with Crippen LogP contribution < -0.4 is 5.32 Å². The van der Waals surface area contributed by atoms with Crippen molar-refractivity contribution in [3.05, 3.63) is 42.2 Å². The number of nitrogens with one attached hydrogen (secondary N) is 1. The Hall–Kier alpha value is -1.90. The number of pyridine rings is 1. The molecule has 1 aromatic heterocycles. The number of nitrogens with zero attached hydrogens (tertiary/aromatic N) is 1. The topological polar surface area (TPSA) is 42.0 Å². The van der Waals surface area contributed by atoms with Gasteiger partial charge in [-0.2, -0.15) is 0 Å². The first-order valence-corrected chi connectivity index (χ1v) is 5.44. The fourth-order valence-corrected chi connectivity index (χ4v) is 2.33. The lowest BCUT2D eigenvalue weighted by atomic mass is 9.93. The van der Waals surface area contributed by atoms with E-state index in [1.807, 2.05) is 18.3 Å². The molecule has 0 spiro atoms. The molecule has 1 aromatic carbocycles. The first kappa shape index (κ1) is 9.33. The van der Waals surface area contributed by atoms with Crippen LogP contribution in [0.2, 0.25) is 0 Å². The van der Waals surface area contributed by atoms with Crippen LogP contribution in [0, 0.1) is 0 Å². The molecular formula is C13H12N2O. The molecule has 1 N–H and O–H groups in total. The monoisotopic (exact) mass is 212 g/mol. The first-order chi connectivity index (χ1) is 7.84. The smallest absolute Gasteiger partial charge is 0.220 e. The van der Waals surface area contributed by atoms with Crippen LogP contribution in [0.1, 0.15) is 17.9 Å². The van der Waals surface area contributed by atoms with E-state index in [0.717, 1.165) is 11.9 Å². The molecule has 0 radical (unpaired) electrons. The summed E-state index contributed by atoms with van der Waals surface area (Å²) in [5, 5.41) is 5.22. The van der Waals surface area contributed by atoms with Gasteiger partial charge in [0.1, 0.15) is 0 Å². The van der Waals surface area contributed by atoms with Crippen molar-refractivity contribution in [2.24, 2.45) is 0 Å². The van der Waals surface area contributed by atoms with E-state index < -0.39 is 0 Å². The number of carbonyl (C=O) groups excluding carboxylic acids is 1. The average Bonchev–Trinajstić information content (AvgIpc) is 2.75. The van der Waals surface area contributed by atoms with E-state index in [1.165, 1.54) is 10.9 Å². The molecule has 0 bridgehead atoms. The van der Waals surface area contributed by atoms with Crippen LogP contribution in [0.5, 0.6) is 0 Å². The maximum Gasteiger partial charge on any atom is 0.220 e. The molecule has 1 aliphatic rings. The molecule has 1 aliphatic heterocycles. The normalized spacial score (nSPS) is 20.0. The number of rotatable bonds is 1. The molecule has 1 amide bonds. The molecule has 80 valence electrons. The molecule has 3 nitrogen and oxygen atoms in total. The van der Waals surface area contributed by atoms with Crippen LogP contribution in [0.25, 0.3) is 10.8 Å². The summed E-state index contributed by atoms with van der Waals surface area (Å²) >= 11 is 0. The summed E-state index contributed by atoms with van der Waals surface area (Å²) in [6.07, 6.45) is 4.26. The van der Waals surface area contributed by atoms with Gasteiger partial charge in [-0.3, -0.25) is 9.78 Å². The fourth-order valence-electron chi connectivity index (χ4n) is 2.33. The summed E-state index contributed by atoms with van der Waals surface area (Å²) in [5.41, 5.74) is 1.25. The Kier molecular flexibility index (Phi) is 2.10. The quantitative estimate of drug-likeness (QED) is 0.783. The van der Waals surface area contributed by atoms with Crippen LogP contribution >= 0.6 is 0 Å². The fraction of sp³-hybridized carbons (Fsp3) is 0.231. The summed E-state index contributed by atoms with van der Waals surface area (Å²) in [7, 11) is 0. The van der Waals surface area contributed by atoms with Gasteiger partial charge in [-0.15, -0.1) is 0 Å². The van der Waals surface area contributed by atoms with E-state index in [4.69, 9.17) is 0 Å². The molecule has 0 aliphatic carbocycles. The number of aromatic nitrogens is 1. The molecule has 1 atom stereocenters. The first-order valence-electron chi connectivity index (χ1n) is 5.44. The Labute approximate surface area is 93.5 Å². The standard InChI is InChI=1S/C13H12N2O/c16-13-6-10(8-15-13)11-3-1-2-9-7-14-5-4-12(9)11/h1-5,7,10H,6,8H2,(H,15,16). The highest BCUT2D eigenvalue weighted by molar-refractivity contribution is 5.87. The van der Waals surface area contributed by atoms with Crippen molar-refractivity contribution in [1.29, 1.82) is 0 Å². The van der Waals surface area contributed by atoms with Crippen molar-refractivity contribution in [2.45, 2.75) is 12.3 Å².